The molecule has 1 amide bonds. The van der Waals surface area contributed by atoms with E-state index < -0.39 is 0 Å². The van der Waals surface area contributed by atoms with Crippen LogP contribution in [0.3, 0.4) is 0 Å². The maximum absolute atomic E-state index is 12.5. The average molecular weight is 319 g/mol. The van der Waals surface area contributed by atoms with Crippen molar-refractivity contribution in [3.05, 3.63) is 33.7 Å². The van der Waals surface area contributed by atoms with Crippen LogP contribution in [0, 0.1) is 6.92 Å². The molecule has 0 spiro atoms. The Morgan fingerprint density at radius 2 is 1.78 bits per heavy atom. The van der Waals surface area contributed by atoms with Crippen LogP contribution in [-0.2, 0) is 0 Å². The van der Waals surface area contributed by atoms with Gasteiger partial charge in [-0.05, 0) is 32.6 Å². The number of aryl methyl sites for hydroxylation is 1. The number of rotatable bonds is 2. The standard InChI is InChI=1S/C17H25N3O3/c1-12-10-15(22)11-16(18-12)17(23)20-6-2-13(3-7-20)19-8-4-14(21)5-9-19/h10-11,13-14,21H,2-9H2,1H3,(H,18,22). The number of aromatic amines is 1. The Hall–Kier alpha value is -1.66. The molecule has 2 fully saturated rings. The van der Waals surface area contributed by atoms with Crippen molar-refractivity contribution in [1.82, 2.24) is 14.8 Å². The van der Waals surface area contributed by atoms with E-state index in [1.54, 1.807) is 6.92 Å². The summed E-state index contributed by atoms with van der Waals surface area (Å²) in [6, 6.07) is 3.38. The molecule has 2 N–H and O–H groups in total. The minimum atomic E-state index is -0.147. The van der Waals surface area contributed by atoms with Gasteiger partial charge in [0.15, 0.2) is 5.43 Å². The summed E-state index contributed by atoms with van der Waals surface area (Å²) in [7, 11) is 0. The summed E-state index contributed by atoms with van der Waals surface area (Å²) < 4.78 is 0. The van der Waals surface area contributed by atoms with Gasteiger partial charge >= 0.3 is 0 Å². The molecule has 6 nitrogen and oxygen atoms in total. The number of piperidine rings is 2. The molecule has 1 aromatic heterocycles. The summed E-state index contributed by atoms with van der Waals surface area (Å²) in [5, 5.41) is 9.60. The Morgan fingerprint density at radius 3 is 2.39 bits per heavy atom. The number of aliphatic hydroxyl groups is 1. The first-order valence-electron chi connectivity index (χ1n) is 8.45. The third-order valence-corrected chi connectivity index (χ3v) is 4.97. The quantitative estimate of drug-likeness (QED) is 0.843. The molecular formula is C17H25N3O3. The molecule has 0 unspecified atom stereocenters. The smallest absolute Gasteiger partial charge is 0.270 e. The largest absolute Gasteiger partial charge is 0.393 e. The monoisotopic (exact) mass is 319 g/mol. The number of nitrogens with zero attached hydrogens (tertiary/aromatic N) is 2. The van der Waals surface area contributed by atoms with Crippen molar-refractivity contribution < 1.29 is 9.90 Å². The zero-order chi connectivity index (χ0) is 16.4. The van der Waals surface area contributed by atoms with Crippen molar-refractivity contribution in [2.24, 2.45) is 0 Å². The summed E-state index contributed by atoms with van der Waals surface area (Å²) in [5.74, 6) is -0.0849. The number of aromatic nitrogens is 1. The van der Waals surface area contributed by atoms with Gasteiger partial charge in [-0.3, -0.25) is 9.59 Å². The Morgan fingerprint density at radius 1 is 1.13 bits per heavy atom. The van der Waals surface area contributed by atoms with Gasteiger partial charge in [0.1, 0.15) is 5.69 Å². The van der Waals surface area contributed by atoms with Crippen LogP contribution in [0.4, 0.5) is 0 Å². The first-order chi connectivity index (χ1) is 11.0. The fraction of sp³-hybridized carbons (Fsp3) is 0.647. The Bertz CT molecular complexity index is 612. The van der Waals surface area contributed by atoms with Gasteiger partial charge < -0.3 is 19.9 Å². The molecule has 0 bridgehead atoms. The van der Waals surface area contributed by atoms with Gasteiger partial charge in [-0.15, -0.1) is 0 Å². The van der Waals surface area contributed by atoms with E-state index in [2.05, 4.69) is 9.88 Å². The van der Waals surface area contributed by atoms with Gasteiger partial charge in [0, 0.05) is 50.0 Å². The molecular weight excluding hydrogens is 294 g/mol. The molecule has 1 aromatic rings. The van der Waals surface area contributed by atoms with E-state index in [0.717, 1.165) is 51.9 Å². The molecule has 0 saturated carbocycles. The molecule has 3 heterocycles. The number of pyridine rings is 1. The Labute approximate surface area is 136 Å². The highest BCUT2D eigenvalue weighted by Gasteiger charge is 2.29. The number of hydrogen-bond acceptors (Lipinski definition) is 4. The second-order valence-electron chi connectivity index (χ2n) is 6.70. The minimum Gasteiger partial charge on any atom is -0.393 e. The minimum absolute atomic E-state index is 0.0849. The number of carbonyl (C=O) groups is 1. The van der Waals surface area contributed by atoms with E-state index in [0.29, 0.717) is 17.4 Å². The van der Waals surface area contributed by atoms with Gasteiger partial charge in [0.05, 0.1) is 6.10 Å². The van der Waals surface area contributed by atoms with Crippen molar-refractivity contribution in [2.45, 2.75) is 44.8 Å². The van der Waals surface area contributed by atoms with Crippen LogP contribution < -0.4 is 5.43 Å². The number of likely N-dealkylation sites (tertiary alicyclic amines) is 2. The lowest BCUT2D eigenvalue weighted by Crippen LogP contribution is -2.49. The fourth-order valence-electron chi connectivity index (χ4n) is 3.65. The van der Waals surface area contributed by atoms with Crippen LogP contribution >= 0.6 is 0 Å². The molecule has 0 aliphatic carbocycles. The summed E-state index contributed by atoms with van der Waals surface area (Å²) >= 11 is 0. The number of carbonyl (C=O) groups excluding carboxylic acids is 1. The SMILES string of the molecule is Cc1cc(=O)cc(C(=O)N2CCC(N3CCC(O)CC3)CC2)[nH]1. The van der Waals surface area contributed by atoms with E-state index in [4.69, 9.17) is 0 Å². The Kier molecular flexibility index (Phi) is 4.82. The van der Waals surface area contributed by atoms with E-state index in [9.17, 15) is 14.7 Å². The van der Waals surface area contributed by atoms with E-state index in [1.165, 1.54) is 12.1 Å². The summed E-state index contributed by atoms with van der Waals surface area (Å²) in [4.78, 5) is 31.4. The molecule has 6 heteroatoms. The number of hydrogen-bond donors (Lipinski definition) is 2. The van der Waals surface area contributed by atoms with Crippen molar-refractivity contribution in [3.8, 4) is 0 Å². The first kappa shape index (κ1) is 16.2. The third-order valence-electron chi connectivity index (χ3n) is 4.97. The highest BCUT2D eigenvalue weighted by Crippen LogP contribution is 2.21. The van der Waals surface area contributed by atoms with Gasteiger partial charge in [-0.25, -0.2) is 0 Å². The predicted molar refractivity (Wildman–Crippen MR) is 87.5 cm³/mol. The van der Waals surface area contributed by atoms with Crippen LogP contribution in [0.1, 0.15) is 41.9 Å². The maximum atomic E-state index is 12.5. The van der Waals surface area contributed by atoms with Crippen LogP contribution in [0.5, 0.6) is 0 Å². The lowest BCUT2D eigenvalue weighted by molar-refractivity contribution is 0.0355. The van der Waals surface area contributed by atoms with Crippen LogP contribution in [-0.4, -0.2) is 64.1 Å². The van der Waals surface area contributed by atoms with Gasteiger partial charge in [0.2, 0.25) is 0 Å². The fourth-order valence-corrected chi connectivity index (χ4v) is 3.65. The van der Waals surface area contributed by atoms with E-state index >= 15 is 0 Å². The summed E-state index contributed by atoms with van der Waals surface area (Å²) in [5.41, 5.74) is 0.962. The molecule has 2 aliphatic heterocycles. The molecule has 2 saturated heterocycles. The molecule has 3 rings (SSSR count). The van der Waals surface area contributed by atoms with E-state index in [-0.39, 0.29) is 17.4 Å². The summed E-state index contributed by atoms with van der Waals surface area (Å²) in [6.45, 7) is 5.13. The molecule has 126 valence electrons. The lowest BCUT2D eigenvalue weighted by atomic mass is 9.98. The van der Waals surface area contributed by atoms with Crippen LogP contribution in [0.2, 0.25) is 0 Å². The zero-order valence-electron chi connectivity index (χ0n) is 13.6. The number of nitrogens with one attached hydrogen (secondary N) is 1. The predicted octanol–water partition coefficient (Wildman–Crippen LogP) is 0.745. The molecule has 0 atom stereocenters. The number of amides is 1. The Balaban J connectivity index is 1.58. The van der Waals surface area contributed by atoms with E-state index in [1.807, 2.05) is 4.90 Å². The van der Waals surface area contributed by atoms with Crippen molar-refractivity contribution in [1.29, 1.82) is 0 Å². The number of H-pyrrole nitrogens is 1. The third kappa shape index (κ3) is 3.82. The normalized spacial score (nSPS) is 21.6. The molecule has 0 aromatic carbocycles. The maximum Gasteiger partial charge on any atom is 0.270 e. The topological polar surface area (TPSA) is 76.6 Å². The second kappa shape index (κ2) is 6.84. The molecule has 0 radical (unpaired) electrons. The first-order valence-corrected chi connectivity index (χ1v) is 8.45. The van der Waals surface area contributed by atoms with Crippen molar-refractivity contribution >= 4 is 5.91 Å². The zero-order valence-corrected chi connectivity index (χ0v) is 13.6. The highest BCUT2D eigenvalue weighted by atomic mass is 16.3. The number of aliphatic hydroxyl groups excluding tert-OH is 1. The van der Waals surface area contributed by atoms with Crippen molar-refractivity contribution in [2.75, 3.05) is 26.2 Å². The molecule has 2 aliphatic rings. The van der Waals surface area contributed by atoms with Gasteiger partial charge in [-0.2, -0.15) is 0 Å². The van der Waals surface area contributed by atoms with Crippen LogP contribution in [0.25, 0.3) is 0 Å². The lowest BCUT2D eigenvalue weighted by Gasteiger charge is -2.41. The van der Waals surface area contributed by atoms with Crippen LogP contribution in [0.15, 0.2) is 16.9 Å². The van der Waals surface area contributed by atoms with Crippen molar-refractivity contribution in [3.63, 3.8) is 0 Å². The van der Waals surface area contributed by atoms with Gasteiger partial charge in [0.25, 0.3) is 5.91 Å². The average Bonchev–Trinajstić information content (AvgIpc) is 2.54. The molecule has 23 heavy (non-hydrogen) atoms. The second-order valence-corrected chi connectivity index (χ2v) is 6.70. The van der Waals surface area contributed by atoms with Gasteiger partial charge in [-0.1, -0.05) is 0 Å². The summed E-state index contributed by atoms with van der Waals surface area (Å²) in [6.07, 6.45) is 3.47. The highest BCUT2D eigenvalue weighted by molar-refractivity contribution is 5.92.